The fourth-order valence-electron chi connectivity index (χ4n) is 6.82. The lowest BCUT2D eigenvalue weighted by atomic mass is 9.96. The molecule has 45 heavy (non-hydrogen) atoms. The predicted octanol–water partition coefficient (Wildman–Crippen LogP) is 3.75. The maximum absolute atomic E-state index is 13.1. The molecular weight excluding hydrogens is 572 g/mol. The highest BCUT2D eigenvalue weighted by Crippen LogP contribution is 2.29. The Morgan fingerprint density at radius 2 is 1.53 bits per heavy atom. The standard InChI is InChI=1S/C34H44N6O5/c1-34(2,3)45-33(44)39-15-13-23(14-16-39)22-37-17-19-38(20-18-37)26-8-5-24(6-9-26)25-7-10-27-29(21-25)36(4)32(43)40(27)28-11-12-30(41)35-31(28)42/h5-10,21,23,28H,11-20,22H2,1-4H3,(H,35,41,42). The van der Waals surface area contributed by atoms with Crippen LogP contribution in [0.25, 0.3) is 22.2 Å². The number of carbonyl (C=O) groups is 3. The van der Waals surface area contributed by atoms with Crippen molar-refractivity contribution in [2.45, 2.75) is 58.1 Å². The van der Waals surface area contributed by atoms with Crippen LogP contribution in [0.2, 0.25) is 0 Å². The fraction of sp³-hybridized carbons (Fsp3) is 0.529. The normalized spacial score (nSPS) is 20.5. The molecule has 240 valence electrons. The molecule has 3 aliphatic rings. The zero-order valence-corrected chi connectivity index (χ0v) is 26.8. The van der Waals surface area contributed by atoms with Crippen LogP contribution < -0.4 is 15.9 Å². The minimum absolute atomic E-state index is 0.199. The van der Waals surface area contributed by atoms with Crippen molar-refractivity contribution in [3.8, 4) is 11.1 Å². The quantitative estimate of drug-likeness (QED) is 0.435. The molecule has 0 saturated carbocycles. The van der Waals surface area contributed by atoms with Crippen molar-refractivity contribution in [1.29, 1.82) is 0 Å². The number of likely N-dealkylation sites (tertiary alicyclic amines) is 1. The lowest BCUT2D eigenvalue weighted by molar-refractivity contribution is -0.135. The van der Waals surface area contributed by atoms with Gasteiger partial charge in [-0.05, 0) is 81.3 Å². The number of nitrogens with one attached hydrogen (secondary N) is 1. The summed E-state index contributed by atoms with van der Waals surface area (Å²) in [7, 11) is 1.71. The van der Waals surface area contributed by atoms with Crippen LogP contribution in [0.5, 0.6) is 0 Å². The molecule has 3 aromatic rings. The molecule has 1 N–H and O–H groups in total. The zero-order valence-electron chi connectivity index (χ0n) is 26.8. The molecule has 6 rings (SSSR count). The summed E-state index contributed by atoms with van der Waals surface area (Å²) in [5, 5.41) is 2.36. The van der Waals surface area contributed by atoms with Crippen molar-refractivity contribution in [2.75, 3.05) is 50.7 Å². The molecule has 3 aliphatic heterocycles. The van der Waals surface area contributed by atoms with Gasteiger partial charge in [-0.15, -0.1) is 0 Å². The number of imide groups is 1. The number of ether oxygens (including phenoxy) is 1. The molecule has 0 aliphatic carbocycles. The van der Waals surface area contributed by atoms with E-state index in [1.54, 1.807) is 11.6 Å². The first-order chi connectivity index (χ1) is 21.5. The number of benzene rings is 2. The summed E-state index contributed by atoms with van der Waals surface area (Å²) >= 11 is 0. The molecule has 1 aromatic heterocycles. The van der Waals surface area contributed by atoms with E-state index < -0.39 is 17.6 Å². The van der Waals surface area contributed by atoms with Crippen LogP contribution in [-0.4, -0.2) is 88.3 Å². The number of piperidine rings is 2. The summed E-state index contributed by atoms with van der Waals surface area (Å²) in [6.45, 7) is 12.3. The van der Waals surface area contributed by atoms with E-state index in [1.807, 2.05) is 43.9 Å². The third kappa shape index (κ3) is 6.63. The summed E-state index contributed by atoms with van der Waals surface area (Å²) in [6.07, 6.45) is 2.37. The third-order valence-corrected chi connectivity index (χ3v) is 9.33. The van der Waals surface area contributed by atoms with Gasteiger partial charge in [-0.3, -0.25) is 28.9 Å². The van der Waals surface area contributed by atoms with Crippen LogP contribution in [0.1, 0.15) is 52.5 Å². The maximum Gasteiger partial charge on any atom is 0.410 e. The van der Waals surface area contributed by atoms with Crippen molar-refractivity contribution < 1.29 is 19.1 Å². The van der Waals surface area contributed by atoms with E-state index in [9.17, 15) is 19.2 Å². The number of hydrogen-bond acceptors (Lipinski definition) is 7. The molecule has 0 spiro atoms. The van der Waals surface area contributed by atoms with Crippen LogP contribution in [0.15, 0.2) is 47.3 Å². The minimum atomic E-state index is -0.693. The number of imidazole rings is 1. The highest BCUT2D eigenvalue weighted by atomic mass is 16.6. The van der Waals surface area contributed by atoms with Crippen molar-refractivity contribution >= 4 is 34.6 Å². The Kier molecular flexibility index (Phi) is 8.47. The Labute approximate surface area is 263 Å². The number of aryl methyl sites for hydroxylation is 1. The molecule has 3 saturated heterocycles. The van der Waals surface area contributed by atoms with Crippen molar-refractivity contribution in [3.05, 3.63) is 52.9 Å². The molecule has 11 heteroatoms. The van der Waals surface area contributed by atoms with Crippen molar-refractivity contribution in [3.63, 3.8) is 0 Å². The van der Waals surface area contributed by atoms with E-state index in [0.29, 0.717) is 17.9 Å². The van der Waals surface area contributed by atoms with Gasteiger partial charge in [-0.1, -0.05) is 18.2 Å². The average molecular weight is 617 g/mol. The topological polar surface area (TPSA) is 109 Å². The number of amides is 3. The van der Waals surface area contributed by atoms with Crippen LogP contribution in [0, 0.1) is 5.92 Å². The summed E-state index contributed by atoms with van der Waals surface area (Å²) in [4.78, 5) is 56.5. The molecule has 0 bridgehead atoms. The van der Waals surface area contributed by atoms with Crippen molar-refractivity contribution in [2.24, 2.45) is 13.0 Å². The molecule has 1 atom stereocenters. The number of rotatable bonds is 5. The monoisotopic (exact) mass is 616 g/mol. The van der Waals surface area contributed by atoms with Gasteiger partial charge >= 0.3 is 11.8 Å². The largest absolute Gasteiger partial charge is 0.444 e. The predicted molar refractivity (Wildman–Crippen MR) is 173 cm³/mol. The summed E-state index contributed by atoms with van der Waals surface area (Å²) in [6, 6.07) is 13.7. The van der Waals surface area contributed by atoms with Crippen LogP contribution in [0.3, 0.4) is 0 Å². The van der Waals surface area contributed by atoms with Gasteiger partial charge in [0.05, 0.1) is 11.0 Å². The van der Waals surface area contributed by atoms with E-state index in [4.69, 9.17) is 4.74 Å². The number of hydrogen-bond donors (Lipinski definition) is 1. The summed E-state index contributed by atoms with van der Waals surface area (Å²) in [5.74, 6) is -0.125. The smallest absolute Gasteiger partial charge is 0.410 e. The molecule has 3 amide bonds. The van der Waals surface area contributed by atoms with E-state index >= 15 is 0 Å². The van der Waals surface area contributed by atoms with E-state index in [2.05, 4.69) is 39.4 Å². The van der Waals surface area contributed by atoms with Gasteiger partial charge in [0, 0.05) is 65.0 Å². The van der Waals surface area contributed by atoms with Gasteiger partial charge in [-0.2, -0.15) is 0 Å². The second kappa shape index (κ2) is 12.3. The summed E-state index contributed by atoms with van der Waals surface area (Å²) < 4.78 is 8.62. The van der Waals surface area contributed by atoms with Gasteiger partial charge in [0.25, 0.3) is 0 Å². The number of fused-ring (bicyclic) bond motifs is 1. The number of anilines is 1. The molecule has 4 heterocycles. The Bertz CT molecular complexity index is 1640. The number of aromatic nitrogens is 2. The zero-order chi connectivity index (χ0) is 31.9. The molecule has 2 aromatic carbocycles. The Morgan fingerprint density at radius 1 is 0.867 bits per heavy atom. The van der Waals surface area contributed by atoms with E-state index in [-0.39, 0.29) is 24.1 Å². The molecule has 1 unspecified atom stereocenters. The molecule has 3 fully saturated rings. The number of carbonyl (C=O) groups excluding carboxylic acids is 3. The second-order valence-electron chi connectivity index (χ2n) is 13.6. The number of nitrogens with zero attached hydrogens (tertiary/aromatic N) is 5. The Morgan fingerprint density at radius 3 is 2.18 bits per heavy atom. The molecule has 11 nitrogen and oxygen atoms in total. The lowest BCUT2D eigenvalue weighted by Crippen LogP contribution is -2.49. The van der Waals surface area contributed by atoms with Gasteiger partial charge in [0.1, 0.15) is 11.6 Å². The lowest BCUT2D eigenvalue weighted by Gasteiger charge is -2.39. The van der Waals surface area contributed by atoms with Gasteiger partial charge in [-0.25, -0.2) is 9.59 Å². The third-order valence-electron chi connectivity index (χ3n) is 9.33. The summed E-state index contributed by atoms with van der Waals surface area (Å²) in [5.41, 5.74) is 3.95. The second-order valence-corrected chi connectivity index (χ2v) is 13.6. The van der Waals surface area contributed by atoms with Gasteiger partial charge in [0.2, 0.25) is 11.8 Å². The highest BCUT2D eigenvalue weighted by molar-refractivity contribution is 6.00. The van der Waals surface area contributed by atoms with Gasteiger partial charge < -0.3 is 14.5 Å². The Hall–Kier alpha value is -4.12. The van der Waals surface area contributed by atoms with Crippen LogP contribution in [0.4, 0.5) is 10.5 Å². The first kappa shape index (κ1) is 30.9. The van der Waals surface area contributed by atoms with Crippen LogP contribution >= 0.6 is 0 Å². The van der Waals surface area contributed by atoms with E-state index in [0.717, 1.165) is 75.3 Å². The average Bonchev–Trinajstić information content (AvgIpc) is 3.26. The first-order valence-electron chi connectivity index (χ1n) is 16.1. The Balaban J connectivity index is 1.04. The fourth-order valence-corrected chi connectivity index (χ4v) is 6.82. The van der Waals surface area contributed by atoms with Crippen LogP contribution in [-0.2, 0) is 21.4 Å². The SMILES string of the molecule is Cn1c(=O)n(C2CCC(=O)NC2=O)c2ccc(-c3ccc(N4CCN(CC5CCN(C(=O)OC(C)(C)C)CC5)CC4)cc3)cc21. The van der Waals surface area contributed by atoms with Crippen molar-refractivity contribution in [1.82, 2.24) is 24.3 Å². The highest BCUT2D eigenvalue weighted by Gasteiger charge is 2.32. The number of piperazine rings is 1. The molecular formula is C34H44N6O5. The van der Waals surface area contributed by atoms with E-state index in [1.165, 1.54) is 10.3 Å². The molecule has 0 radical (unpaired) electrons. The maximum atomic E-state index is 13.1. The van der Waals surface area contributed by atoms with Gasteiger partial charge in [0.15, 0.2) is 0 Å². The minimum Gasteiger partial charge on any atom is -0.444 e. The first-order valence-corrected chi connectivity index (χ1v) is 16.1.